The zero-order valence-electron chi connectivity index (χ0n) is 9.43. The number of benzene rings is 1. The van der Waals surface area contributed by atoms with Gasteiger partial charge in [0.25, 0.3) is 0 Å². The zero-order chi connectivity index (χ0) is 11.8. The van der Waals surface area contributed by atoms with Crippen LogP contribution in [0.5, 0.6) is 0 Å². The Morgan fingerprint density at radius 3 is 2.94 bits per heavy atom. The number of fused-ring (bicyclic) bond motifs is 1. The number of halogens is 1. The van der Waals surface area contributed by atoms with Crippen LogP contribution in [0.2, 0.25) is 5.15 Å². The van der Waals surface area contributed by atoms with Crippen LogP contribution >= 0.6 is 23.3 Å². The second-order valence-electron chi connectivity index (χ2n) is 4.43. The van der Waals surface area contributed by atoms with Crippen molar-refractivity contribution in [1.29, 1.82) is 0 Å². The predicted molar refractivity (Wildman–Crippen MR) is 71.2 cm³/mol. The Morgan fingerprint density at radius 2 is 2.18 bits per heavy atom. The standard InChI is InChI=1S/C12H12ClN3S/c1-8-6-9-4-2-3-5-10(9)16(7-8)12-11(13)14-17-15-12/h2-5,8H,6-7H2,1H3. The normalized spacial score (nSPS) is 19.2. The first-order chi connectivity index (χ1) is 8.25. The van der Waals surface area contributed by atoms with Crippen molar-refractivity contribution in [2.24, 2.45) is 5.92 Å². The molecule has 1 aliphatic rings. The number of hydrogen-bond donors (Lipinski definition) is 0. The average molecular weight is 266 g/mol. The molecule has 3 rings (SSSR count). The van der Waals surface area contributed by atoms with Gasteiger partial charge in [-0.1, -0.05) is 36.7 Å². The molecule has 1 atom stereocenters. The maximum absolute atomic E-state index is 6.08. The minimum Gasteiger partial charge on any atom is -0.322 e. The van der Waals surface area contributed by atoms with Gasteiger partial charge in [0.15, 0.2) is 11.0 Å². The van der Waals surface area contributed by atoms with Gasteiger partial charge in [0, 0.05) is 12.2 Å². The number of hydrogen-bond acceptors (Lipinski definition) is 4. The summed E-state index contributed by atoms with van der Waals surface area (Å²) in [7, 11) is 0. The predicted octanol–water partition coefficient (Wildman–Crippen LogP) is 3.52. The number of aromatic nitrogens is 2. The maximum Gasteiger partial charge on any atom is 0.187 e. The molecule has 1 unspecified atom stereocenters. The molecular weight excluding hydrogens is 254 g/mol. The Bertz CT molecular complexity index is 540. The van der Waals surface area contributed by atoms with Gasteiger partial charge in [-0.05, 0) is 24.0 Å². The molecular formula is C12H12ClN3S. The van der Waals surface area contributed by atoms with Crippen molar-refractivity contribution in [2.45, 2.75) is 13.3 Å². The van der Waals surface area contributed by atoms with Gasteiger partial charge in [-0.3, -0.25) is 0 Å². The number of anilines is 2. The number of para-hydroxylation sites is 1. The fourth-order valence-corrected chi connectivity index (χ4v) is 3.07. The molecule has 1 aromatic heterocycles. The van der Waals surface area contributed by atoms with Crippen molar-refractivity contribution in [2.75, 3.05) is 11.4 Å². The lowest BCUT2D eigenvalue weighted by atomic mass is 9.94. The van der Waals surface area contributed by atoms with E-state index in [0.29, 0.717) is 11.1 Å². The molecule has 88 valence electrons. The van der Waals surface area contributed by atoms with Crippen LogP contribution in [0.15, 0.2) is 24.3 Å². The molecule has 5 heteroatoms. The molecule has 1 aromatic carbocycles. The van der Waals surface area contributed by atoms with Gasteiger partial charge >= 0.3 is 0 Å². The Kier molecular flexibility index (Phi) is 2.76. The van der Waals surface area contributed by atoms with Crippen LogP contribution in [0.4, 0.5) is 11.5 Å². The van der Waals surface area contributed by atoms with E-state index in [1.54, 1.807) is 0 Å². The van der Waals surface area contributed by atoms with E-state index < -0.39 is 0 Å². The number of nitrogens with zero attached hydrogens (tertiary/aromatic N) is 3. The van der Waals surface area contributed by atoms with E-state index in [4.69, 9.17) is 11.6 Å². The highest BCUT2D eigenvalue weighted by Crippen LogP contribution is 2.37. The Balaban J connectivity index is 2.10. The van der Waals surface area contributed by atoms with E-state index in [9.17, 15) is 0 Å². The Hall–Kier alpha value is -1.13. The summed E-state index contributed by atoms with van der Waals surface area (Å²) >= 11 is 7.24. The summed E-state index contributed by atoms with van der Waals surface area (Å²) in [6.45, 7) is 3.19. The molecule has 0 spiro atoms. The van der Waals surface area contributed by atoms with Gasteiger partial charge < -0.3 is 4.90 Å². The quantitative estimate of drug-likeness (QED) is 0.790. The summed E-state index contributed by atoms with van der Waals surface area (Å²) in [4.78, 5) is 2.18. The molecule has 0 fully saturated rings. The van der Waals surface area contributed by atoms with Gasteiger partial charge in [0.05, 0.1) is 11.7 Å². The fourth-order valence-electron chi connectivity index (χ4n) is 2.33. The molecule has 2 aromatic rings. The molecule has 2 heterocycles. The van der Waals surface area contributed by atoms with Gasteiger partial charge in [-0.25, -0.2) is 0 Å². The van der Waals surface area contributed by atoms with Crippen LogP contribution in [0.25, 0.3) is 0 Å². The Morgan fingerprint density at radius 1 is 1.35 bits per heavy atom. The lowest BCUT2D eigenvalue weighted by Gasteiger charge is -2.33. The van der Waals surface area contributed by atoms with E-state index in [2.05, 4.69) is 44.8 Å². The third-order valence-corrected chi connectivity index (χ3v) is 3.91. The van der Waals surface area contributed by atoms with Gasteiger partial charge in [-0.15, -0.1) is 0 Å². The van der Waals surface area contributed by atoms with Gasteiger partial charge in [0.1, 0.15) is 0 Å². The maximum atomic E-state index is 6.08. The van der Waals surface area contributed by atoms with E-state index >= 15 is 0 Å². The highest BCUT2D eigenvalue weighted by Gasteiger charge is 2.25. The molecule has 0 saturated carbocycles. The molecule has 3 nitrogen and oxygen atoms in total. The topological polar surface area (TPSA) is 29.0 Å². The summed E-state index contributed by atoms with van der Waals surface area (Å²) < 4.78 is 8.34. The van der Waals surface area contributed by atoms with Crippen LogP contribution in [0.3, 0.4) is 0 Å². The molecule has 0 amide bonds. The minimum atomic E-state index is 0.499. The first-order valence-electron chi connectivity index (χ1n) is 5.59. The average Bonchev–Trinajstić information content (AvgIpc) is 2.74. The molecule has 0 bridgehead atoms. The first-order valence-corrected chi connectivity index (χ1v) is 6.70. The lowest BCUT2D eigenvalue weighted by molar-refractivity contribution is 0.561. The zero-order valence-corrected chi connectivity index (χ0v) is 11.0. The molecule has 0 saturated heterocycles. The highest BCUT2D eigenvalue weighted by molar-refractivity contribution is 6.99. The molecule has 0 radical (unpaired) electrons. The van der Waals surface area contributed by atoms with Crippen LogP contribution in [-0.2, 0) is 6.42 Å². The molecule has 17 heavy (non-hydrogen) atoms. The summed E-state index contributed by atoms with van der Waals surface area (Å²) in [5.74, 6) is 1.39. The van der Waals surface area contributed by atoms with E-state index in [1.807, 2.05) is 0 Å². The third kappa shape index (κ3) is 1.91. The van der Waals surface area contributed by atoms with Crippen molar-refractivity contribution in [1.82, 2.24) is 8.75 Å². The highest BCUT2D eigenvalue weighted by atomic mass is 35.5. The van der Waals surface area contributed by atoms with Crippen molar-refractivity contribution in [3.63, 3.8) is 0 Å². The molecule has 0 aliphatic carbocycles. The second-order valence-corrected chi connectivity index (χ2v) is 5.31. The summed E-state index contributed by atoms with van der Waals surface area (Å²) in [5, 5.41) is 0.499. The van der Waals surface area contributed by atoms with E-state index in [0.717, 1.165) is 30.5 Å². The van der Waals surface area contributed by atoms with Crippen molar-refractivity contribution in [3.05, 3.63) is 35.0 Å². The van der Waals surface area contributed by atoms with Gasteiger partial charge in [-0.2, -0.15) is 8.75 Å². The third-order valence-electron chi connectivity index (χ3n) is 3.03. The minimum absolute atomic E-state index is 0.499. The largest absolute Gasteiger partial charge is 0.322 e. The van der Waals surface area contributed by atoms with Crippen LogP contribution < -0.4 is 4.90 Å². The smallest absolute Gasteiger partial charge is 0.187 e. The monoisotopic (exact) mass is 265 g/mol. The van der Waals surface area contributed by atoms with E-state index in [1.165, 1.54) is 11.3 Å². The lowest BCUT2D eigenvalue weighted by Crippen LogP contribution is -2.30. The van der Waals surface area contributed by atoms with Crippen LogP contribution in [0, 0.1) is 5.92 Å². The molecule has 0 N–H and O–H groups in total. The van der Waals surface area contributed by atoms with Crippen molar-refractivity contribution in [3.8, 4) is 0 Å². The van der Waals surface area contributed by atoms with Crippen LogP contribution in [-0.4, -0.2) is 15.3 Å². The van der Waals surface area contributed by atoms with Crippen molar-refractivity contribution >= 4 is 34.8 Å². The number of rotatable bonds is 1. The first kappa shape index (κ1) is 11.0. The summed E-state index contributed by atoms with van der Waals surface area (Å²) in [5.41, 5.74) is 2.57. The van der Waals surface area contributed by atoms with Crippen LogP contribution in [0.1, 0.15) is 12.5 Å². The summed E-state index contributed by atoms with van der Waals surface area (Å²) in [6.07, 6.45) is 1.11. The van der Waals surface area contributed by atoms with E-state index in [-0.39, 0.29) is 0 Å². The molecule has 1 aliphatic heterocycles. The van der Waals surface area contributed by atoms with Crippen molar-refractivity contribution < 1.29 is 0 Å². The van der Waals surface area contributed by atoms with Gasteiger partial charge in [0.2, 0.25) is 0 Å². The SMILES string of the molecule is CC1Cc2ccccc2N(c2nsnc2Cl)C1. The second kappa shape index (κ2) is 4.27. The summed E-state index contributed by atoms with van der Waals surface area (Å²) in [6, 6.07) is 8.42. The fraction of sp³-hybridized carbons (Fsp3) is 0.333. The Labute approximate surface area is 109 Å².